The second-order valence-corrected chi connectivity index (χ2v) is 4.77. The van der Waals surface area contributed by atoms with Crippen LogP contribution in [-0.2, 0) is 10.5 Å². The third-order valence-electron chi connectivity index (χ3n) is 1.69. The number of aromatic nitrogens is 1. The Kier molecular flexibility index (Phi) is 5.22. The van der Waals surface area contributed by atoms with E-state index in [1.807, 2.05) is 0 Å². The second kappa shape index (κ2) is 6.20. The monoisotopic (exact) mass is 264 g/mol. The van der Waals surface area contributed by atoms with Crippen LogP contribution in [0.4, 0.5) is 0 Å². The van der Waals surface area contributed by atoms with Crippen LogP contribution in [0.3, 0.4) is 0 Å². The van der Waals surface area contributed by atoms with Crippen LogP contribution in [0.2, 0.25) is 10.0 Å². The number of carbonyl (C=O) groups is 1. The predicted octanol–water partition coefficient (Wildman–Crippen LogP) is 2.50. The SMILES string of the molecule is NC(=O)CCSCc1c(Cl)cncc1Cl. The van der Waals surface area contributed by atoms with Crippen molar-refractivity contribution in [3.05, 3.63) is 28.0 Å². The lowest BCUT2D eigenvalue weighted by Gasteiger charge is -2.05. The summed E-state index contributed by atoms with van der Waals surface area (Å²) in [4.78, 5) is 14.3. The fraction of sp³-hybridized carbons (Fsp3) is 0.333. The molecule has 1 amide bonds. The van der Waals surface area contributed by atoms with Crippen LogP contribution < -0.4 is 5.73 Å². The van der Waals surface area contributed by atoms with Gasteiger partial charge >= 0.3 is 0 Å². The number of rotatable bonds is 5. The molecule has 0 atom stereocenters. The molecule has 1 aromatic rings. The smallest absolute Gasteiger partial charge is 0.218 e. The van der Waals surface area contributed by atoms with Gasteiger partial charge in [0.25, 0.3) is 0 Å². The van der Waals surface area contributed by atoms with Gasteiger partial charge in [-0.2, -0.15) is 11.8 Å². The molecule has 1 rings (SSSR count). The predicted molar refractivity (Wildman–Crippen MR) is 64.2 cm³/mol. The zero-order chi connectivity index (χ0) is 11.3. The molecule has 82 valence electrons. The van der Waals surface area contributed by atoms with Crippen LogP contribution in [0.15, 0.2) is 12.4 Å². The minimum absolute atomic E-state index is 0.297. The summed E-state index contributed by atoms with van der Waals surface area (Å²) in [6.07, 6.45) is 3.47. The Labute approximate surface area is 102 Å². The molecule has 3 nitrogen and oxygen atoms in total. The van der Waals surface area contributed by atoms with E-state index in [9.17, 15) is 4.79 Å². The van der Waals surface area contributed by atoms with Gasteiger partial charge in [-0.15, -0.1) is 0 Å². The summed E-state index contributed by atoms with van der Waals surface area (Å²) in [7, 11) is 0. The van der Waals surface area contributed by atoms with Gasteiger partial charge in [-0.1, -0.05) is 23.2 Å². The summed E-state index contributed by atoms with van der Waals surface area (Å²) in [5, 5.41) is 1.10. The van der Waals surface area contributed by atoms with Crippen molar-refractivity contribution in [2.45, 2.75) is 12.2 Å². The van der Waals surface area contributed by atoms with Gasteiger partial charge in [0.2, 0.25) is 5.91 Å². The molecule has 15 heavy (non-hydrogen) atoms. The van der Waals surface area contributed by atoms with Crippen LogP contribution in [-0.4, -0.2) is 16.6 Å². The molecule has 1 heterocycles. The van der Waals surface area contributed by atoms with Crippen LogP contribution in [0.25, 0.3) is 0 Å². The van der Waals surface area contributed by atoms with Gasteiger partial charge in [0, 0.05) is 35.9 Å². The maximum atomic E-state index is 10.5. The average Bonchev–Trinajstić information content (AvgIpc) is 2.15. The first-order valence-corrected chi connectivity index (χ1v) is 6.16. The van der Waals surface area contributed by atoms with Crippen molar-refractivity contribution >= 4 is 40.9 Å². The van der Waals surface area contributed by atoms with Crippen molar-refractivity contribution in [3.63, 3.8) is 0 Å². The van der Waals surface area contributed by atoms with Gasteiger partial charge in [0.05, 0.1) is 10.0 Å². The Bertz CT molecular complexity index is 340. The molecule has 0 aliphatic rings. The largest absolute Gasteiger partial charge is 0.370 e. The molecule has 0 saturated heterocycles. The summed E-state index contributed by atoms with van der Waals surface area (Å²) in [6, 6.07) is 0. The van der Waals surface area contributed by atoms with E-state index in [0.717, 1.165) is 5.56 Å². The molecule has 0 bridgehead atoms. The van der Waals surface area contributed by atoms with Gasteiger partial charge in [0.15, 0.2) is 0 Å². The number of halogens is 2. The van der Waals surface area contributed by atoms with Crippen molar-refractivity contribution in [1.82, 2.24) is 4.98 Å². The molecule has 0 fully saturated rings. The molecule has 0 aliphatic heterocycles. The zero-order valence-corrected chi connectivity index (χ0v) is 10.2. The second-order valence-electron chi connectivity index (χ2n) is 2.85. The first kappa shape index (κ1) is 12.6. The van der Waals surface area contributed by atoms with Crippen molar-refractivity contribution in [1.29, 1.82) is 0 Å². The summed E-state index contributed by atoms with van der Waals surface area (Å²) < 4.78 is 0. The van der Waals surface area contributed by atoms with E-state index in [2.05, 4.69) is 4.98 Å². The van der Waals surface area contributed by atoms with Crippen LogP contribution in [0, 0.1) is 0 Å². The zero-order valence-electron chi connectivity index (χ0n) is 7.87. The fourth-order valence-electron chi connectivity index (χ4n) is 0.923. The van der Waals surface area contributed by atoms with Crippen molar-refractivity contribution in [3.8, 4) is 0 Å². The molecule has 0 spiro atoms. The molecule has 0 radical (unpaired) electrons. The van der Waals surface area contributed by atoms with Gasteiger partial charge in [-0.3, -0.25) is 9.78 Å². The third-order valence-corrected chi connectivity index (χ3v) is 3.33. The van der Waals surface area contributed by atoms with Crippen LogP contribution in [0.5, 0.6) is 0 Å². The molecular weight excluding hydrogens is 255 g/mol. The first-order valence-electron chi connectivity index (χ1n) is 4.25. The molecule has 0 saturated carbocycles. The molecule has 2 N–H and O–H groups in total. The number of nitrogens with zero attached hydrogens (tertiary/aromatic N) is 1. The topological polar surface area (TPSA) is 56.0 Å². The van der Waals surface area contributed by atoms with Gasteiger partial charge in [0.1, 0.15) is 0 Å². The highest BCUT2D eigenvalue weighted by Crippen LogP contribution is 2.27. The van der Waals surface area contributed by atoms with E-state index in [4.69, 9.17) is 28.9 Å². The maximum absolute atomic E-state index is 10.5. The number of amides is 1. The first-order chi connectivity index (χ1) is 7.11. The number of primary amides is 1. The number of thioether (sulfide) groups is 1. The van der Waals surface area contributed by atoms with Crippen molar-refractivity contribution in [2.75, 3.05) is 5.75 Å². The molecule has 6 heteroatoms. The Morgan fingerprint density at radius 2 is 2.00 bits per heavy atom. The van der Waals surface area contributed by atoms with Crippen molar-refractivity contribution < 1.29 is 4.79 Å². The van der Waals surface area contributed by atoms with Crippen molar-refractivity contribution in [2.24, 2.45) is 5.73 Å². The molecule has 0 aromatic carbocycles. The van der Waals surface area contributed by atoms with Crippen LogP contribution in [0.1, 0.15) is 12.0 Å². The normalized spacial score (nSPS) is 10.3. The number of hydrogen-bond acceptors (Lipinski definition) is 3. The highest BCUT2D eigenvalue weighted by Gasteiger charge is 2.06. The summed E-state index contributed by atoms with van der Waals surface area (Å²) in [6.45, 7) is 0. The standard InChI is InChI=1S/C9H10Cl2N2OS/c10-7-3-13-4-8(11)6(7)5-15-2-1-9(12)14/h3-4H,1-2,5H2,(H2,12,14). The summed E-state index contributed by atoms with van der Waals surface area (Å²) in [5.41, 5.74) is 5.87. The lowest BCUT2D eigenvalue weighted by Crippen LogP contribution is -2.10. The Morgan fingerprint density at radius 1 is 1.40 bits per heavy atom. The van der Waals surface area contributed by atoms with E-state index >= 15 is 0 Å². The lowest BCUT2D eigenvalue weighted by atomic mass is 10.3. The molecule has 0 aliphatic carbocycles. The third kappa shape index (κ3) is 4.28. The number of nitrogens with two attached hydrogens (primary N) is 1. The Balaban J connectivity index is 2.47. The average molecular weight is 265 g/mol. The minimum atomic E-state index is -0.297. The summed E-state index contributed by atoms with van der Waals surface area (Å²) >= 11 is 13.4. The van der Waals surface area contributed by atoms with E-state index in [-0.39, 0.29) is 5.91 Å². The number of carbonyl (C=O) groups excluding carboxylic acids is 1. The highest BCUT2D eigenvalue weighted by molar-refractivity contribution is 7.98. The summed E-state index contributed by atoms with van der Waals surface area (Å²) in [5.74, 6) is 1.03. The highest BCUT2D eigenvalue weighted by atomic mass is 35.5. The van der Waals surface area contributed by atoms with Gasteiger partial charge < -0.3 is 5.73 Å². The molecular formula is C9H10Cl2N2OS. The maximum Gasteiger partial charge on any atom is 0.218 e. The number of hydrogen-bond donors (Lipinski definition) is 1. The van der Waals surface area contributed by atoms with E-state index in [1.54, 1.807) is 24.2 Å². The Hall–Kier alpha value is -0.450. The Morgan fingerprint density at radius 3 is 2.53 bits per heavy atom. The molecule has 1 aromatic heterocycles. The fourth-order valence-corrected chi connectivity index (χ4v) is 2.58. The molecule has 0 unspecified atom stereocenters. The van der Waals surface area contributed by atoms with E-state index < -0.39 is 0 Å². The van der Waals surface area contributed by atoms with E-state index in [0.29, 0.717) is 28.0 Å². The lowest BCUT2D eigenvalue weighted by molar-refractivity contribution is -0.117. The van der Waals surface area contributed by atoms with Crippen LogP contribution >= 0.6 is 35.0 Å². The van der Waals surface area contributed by atoms with Gasteiger partial charge in [-0.05, 0) is 0 Å². The number of pyridine rings is 1. The van der Waals surface area contributed by atoms with E-state index in [1.165, 1.54) is 0 Å². The minimum Gasteiger partial charge on any atom is -0.370 e. The quantitative estimate of drug-likeness (QED) is 0.832. The van der Waals surface area contributed by atoms with Gasteiger partial charge in [-0.25, -0.2) is 0 Å².